The van der Waals surface area contributed by atoms with Crippen LogP contribution in [0.5, 0.6) is 0 Å². The second kappa shape index (κ2) is 4.53. The number of carbonyl (C=O) groups is 1. The molecule has 1 amide bonds. The van der Waals surface area contributed by atoms with E-state index in [1.54, 1.807) is 0 Å². The fourth-order valence-electron chi connectivity index (χ4n) is 0.849. The second-order valence-corrected chi connectivity index (χ2v) is 2.75. The van der Waals surface area contributed by atoms with Gasteiger partial charge in [-0.05, 0) is 23.8 Å². The highest BCUT2D eigenvalue weighted by molar-refractivity contribution is 5.90. The van der Waals surface area contributed by atoms with Crippen molar-refractivity contribution in [3.63, 3.8) is 0 Å². The van der Waals surface area contributed by atoms with Gasteiger partial charge < -0.3 is 0 Å². The Labute approximate surface area is 81.0 Å². The summed E-state index contributed by atoms with van der Waals surface area (Å²) in [7, 11) is 1.23. The Morgan fingerprint density at radius 3 is 2.50 bits per heavy atom. The maximum Gasteiger partial charge on any atom is 0.269 e. The van der Waals surface area contributed by atoms with Crippen molar-refractivity contribution >= 4 is 12.0 Å². The van der Waals surface area contributed by atoms with Crippen LogP contribution in [0.1, 0.15) is 5.56 Å². The lowest BCUT2D eigenvalue weighted by atomic mass is 10.2. The molecule has 14 heavy (non-hydrogen) atoms. The van der Waals surface area contributed by atoms with Crippen molar-refractivity contribution in [2.24, 2.45) is 0 Å². The minimum absolute atomic E-state index is 0.326. The van der Waals surface area contributed by atoms with E-state index >= 15 is 0 Å². The van der Waals surface area contributed by atoms with E-state index in [-0.39, 0.29) is 5.82 Å². The summed E-state index contributed by atoms with van der Waals surface area (Å²) >= 11 is 0. The van der Waals surface area contributed by atoms with Crippen LogP contribution in [0.2, 0.25) is 0 Å². The molecule has 0 bridgehead atoms. The summed E-state index contributed by atoms with van der Waals surface area (Å²) in [6.07, 6.45) is 2.70. The molecule has 0 aliphatic heterocycles. The van der Waals surface area contributed by atoms with Crippen LogP contribution >= 0.6 is 0 Å². The Morgan fingerprint density at radius 2 is 2.00 bits per heavy atom. The molecule has 0 saturated carbocycles. The predicted molar refractivity (Wildman–Crippen MR) is 50.0 cm³/mol. The number of nitrogens with zero attached hydrogens (tertiary/aromatic N) is 1. The lowest BCUT2D eigenvalue weighted by Crippen LogP contribution is -2.19. The highest BCUT2D eigenvalue weighted by atomic mass is 19.1. The maximum absolute atomic E-state index is 12.5. The summed E-state index contributed by atoms with van der Waals surface area (Å²) in [4.78, 5) is 10.9. The first-order chi connectivity index (χ1) is 6.59. The van der Waals surface area contributed by atoms with E-state index < -0.39 is 5.91 Å². The van der Waals surface area contributed by atoms with Crippen LogP contribution in [0.25, 0.3) is 6.08 Å². The first-order valence-corrected chi connectivity index (χ1v) is 4.00. The Kier molecular flexibility index (Phi) is 3.36. The molecule has 1 aromatic carbocycles. The van der Waals surface area contributed by atoms with Crippen LogP contribution in [-0.4, -0.2) is 23.2 Å². The molecule has 0 spiro atoms. The summed E-state index contributed by atoms with van der Waals surface area (Å²) in [5.41, 5.74) is 0.696. The van der Waals surface area contributed by atoms with Gasteiger partial charge in [0.2, 0.25) is 0 Å². The molecular formula is C10H10FNO2. The van der Waals surface area contributed by atoms with E-state index in [2.05, 4.69) is 0 Å². The Morgan fingerprint density at radius 1 is 1.43 bits per heavy atom. The summed E-state index contributed by atoms with van der Waals surface area (Å²) in [5, 5.41) is 9.19. The lowest BCUT2D eigenvalue weighted by Gasteiger charge is -2.02. The van der Waals surface area contributed by atoms with Crippen LogP contribution < -0.4 is 0 Å². The highest BCUT2D eigenvalue weighted by Crippen LogP contribution is 2.04. The van der Waals surface area contributed by atoms with Crippen molar-refractivity contribution < 1.29 is 14.4 Å². The second-order valence-electron chi connectivity index (χ2n) is 2.75. The van der Waals surface area contributed by atoms with Crippen LogP contribution in [-0.2, 0) is 4.79 Å². The van der Waals surface area contributed by atoms with Gasteiger partial charge in [0.15, 0.2) is 0 Å². The fraction of sp³-hybridized carbons (Fsp3) is 0.100. The molecule has 0 aromatic heterocycles. The number of likely N-dealkylation sites (N-methyl/N-ethyl adjacent to an activating group) is 1. The summed E-state index contributed by atoms with van der Waals surface area (Å²) < 4.78 is 12.5. The smallest absolute Gasteiger partial charge is 0.269 e. The topological polar surface area (TPSA) is 40.5 Å². The SMILES string of the molecule is CN(O)C(=O)C=Cc1ccc(F)cc1. The molecular weight excluding hydrogens is 185 g/mol. The molecule has 1 N–H and O–H groups in total. The number of amides is 1. The fourth-order valence-corrected chi connectivity index (χ4v) is 0.849. The first kappa shape index (κ1) is 10.4. The molecule has 74 valence electrons. The molecule has 0 heterocycles. The average molecular weight is 195 g/mol. The zero-order valence-corrected chi connectivity index (χ0v) is 7.64. The number of rotatable bonds is 2. The molecule has 0 aliphatic carbocycles. The van der Waals surface area contributed by atoms with Gasteiger partial charge in [-0.25, -0.2) is 9.45 Å². The molecule has 0 aliphatic rings. The number of halogens is 1. The van der Waals surface area contributed by atoms with Crippen molar-refractivity contribution in [3.8, 4) is 0 Å². The summed E-state index contributed by atoms with van der Waals surface area (Å²) in [6, 6.07) is 5.67. The summed E-state index contributed by atoms with van der Waals surface area (Å²) in [5.74, 6) is -0.859. The van der Waals surface area contributed by atoms with Gasteiger partial charge in [0, 0.05) is 13.1 Å². The van der Waals surface area contributed by atoms with Crippen LogP contribution in [0, 0.1) is 5.82 Å². The molecule has 0 unspecified atom stereocenters. The Hall–Kier alpha value is -1.68. The third-order valence-electron chi connectivity index (χ3n) is 1.61. The number of benzene rings is 1. The molecule has 0 atom stereocenters. The van der Waals surface area contributed by atoms with Crippen molar-refractivity contribution in [2.45, 2.75) is 0 Å². The Bertz CT molecular complexity index is 344. The third kappa shape index (κ3) is 2.99. The lowest BCUT2D eigenvalue weighted by molar-refractivity contribution is -0.153. The quantitative estimate of drug-likeness (QED) is 0.443. The number of carbonyl (C=O) groups excluding carboxylic acids is 1. The number of hydrogen-bond donors (Lipinski definition) is 1. The van der Waals surface area contributed by atoms with E-state index in [0.29, 0.717) is 10.6 Å². The average Bonchev–Trinajstić information content (AvgIpc) is 2.16. The van der Waals surface area contributed by atoms with Gasteiger partial charge in [-0.2, -0.15) is 0 Å². The van der Waals surface area contributed by atoms with Gasteiger partial charge in [-0.1, -0.05) is 12.1 Å². The highest BCUT2D eigenvalue weighted by Gasteiger charge is 1.98. The van der Waals surface area contributed by atoms with Gasteiger partial charge in [0.25, 0.3) is 5.91 Å². The van der Waals surface area contributed by atoms with Crippen molar-refractivity contribution in [1.29, 1.82) is 0 Å². The largest absolute Gasteiger partial charge is 0.286 e. The molecule has 4 heteroatoms. The van der Waals surface area contributed by atoms with Gasteiger partial charge in [-0.15, -0.1) is 0 Å². The first-order valence-electron chi connectivity index (χ1n) is 4.00. The zero-order valence-electron chi connectivity index (χ0n) is 7.64. The van der Waals surface area contributed by atoms with Gasteiger partial charge in [0.1, 0.15) is 5.82 Å². The van der Waals surface area contributed by atoms with Crippen LogP contribution in [0.15, 0.2) is 30.3 Å². The number of hydroxylamine groups is 2. The van der Waals surface area contributed by atoms with Gasteiger partial charge in [-0.3, -0.25) is 10.0 Å². The number of hydrogen-bond acceptors (Lipinski definition) is 2. The van der Waals surface area contributed by atoms with Crippen molar-refractivity contribution in [1.82, 2.24) is 5.06 Å². The third-order valence-corrected chi connectivity index (χ3v) is 1.61. The Balaban J connectivity index is 2.69. The van der Waals surface area contributed by atoms with Gasteiger partial charge in [0.05, 0.1) is 0 Å². The maximum atomic E-state index is 12.5. The molecule has 0 radical (unpaired) electrons. The van der Waals surface area contributed by atoms with E-state index in [4.69, 9.17) is 5.21 Å². The van der Waals surface area contributed by atoms with Crippen LogP contribution in [0.4, 0.5) is 4.39 Å². The van der Waals surface area contributed by atoms with E-state index in [9.17, 15) is 9.18 Å². The molecule has 0 saturated heterocycles. The van der Waals surface area contributed by atoms with Crippen molar-refractivity contribution in [3.05, 3.63) is 41.7 Å². The monoisotopic (exact) mass is 195 g/mol. The molecule has 0 fully saturated rings. The summed E-state index contributed by atoms with van der Waals surface area (Å²) in [6.45, 7) is 0. The van der Waals surface area contributed by atoms with Gasteiger partial charge >= 0.3 is 0 Å². The molecule has 3 nitrogen and oxygen atoms in total. The van der Waals surface area contributed by atoms with E-state index in [0.717, 1.165) is 0 Å². The predicted octanol–water partition coefficient (Wildman–Crippen LogP) is 1.69. The minimum Gasteiger partial charge on any atom is -0.286 e. The molecule has 1 aromatic rings. The van der Waals surface area contributed by atoms with E-state index in [1.807, 2.05) is 0 Å². The molecule has 1 rings (SSSR count). The minimum atomic E-state index is -0.533. The van der Waals surface area contributed by atoms with Crippen LogP contribution in [0.3, 0.4) is 0 Å². The van der Waals surface area contributed by atoms with E-state index in [1.165, 1.54) is 43.5 Å². The zero-order chi connectivity index (χ0) is 10.6. The standard InChI is InChI=1S/C10H10FNO2/c1-12(14)10(13)7-4-8-2-5-9(11)6-3-8/h2-7,14H,1H3. The normalized spacial score (nSPS) is 10.5. The van der Waals surface area contributed by atoms with Crippen molar-refractivity contribution in [2.75, 3.05) is 7.05 Å².